The van der Waals surface area contributed by atoms with Gasteiger partial charge in [-0.05, 0) is 25.1 Å². The monoisotopic (exact) mass is 317 g/mol. The minimum atomic E-state index is 0.350. The van der Waals surface area contributed by atoms with Crippen LogP contribution in [0.4, 0.5) is 11.7 Å². The summed E-state index contributed by atoms with van der Waals surface area (Å²) in [5, 5.41) is 0. The molecule has 2 aromatic rings. The van der Waals surface area contributed by atoms with Gasteiger partial charge in [-0.15, -0.1) is 0 Å². The first-order chi connectivity index (χ1) is 11.2. The van der Waals surface area contributed by atoms with E-state index in [9.17, 15) is 4.79 Å². The number of ether oxygens (including phenoxy) is 1. The summed E-state index contributed by atoms with van der Waals surface area (Å²) >= 11 is 0. The number of nitrogens with zero attached hydrogens (tertiary/aromatic N) is 3. The Labute approximate surface area is 136 Å². The second kappa shape index (κ2) is 7.00. The zero-order valence-electron chi connectivity index (χ0n) is 13.7. The molecule has 6 heteroatoms. The zero-order chi connectivity index (χ0) is 16.2. The van der Waals surface area contributed by atoms with Crippen molar-refractivity contribution in [3.05, 3.63) is 18.2 Å². The van der Waals surface area contributed by atoms with Gasteiger partial charge < -0.3 is 19.0 Å². The molecule has 1 saturated heterocycles. The van der Waals surface area contributed by atoms with E-state index in [1.807, 2.05) is 18.2 Å². The van der Waals surface area contributed by atoms with Crippen molar-refractivity contribution in [2.75, 3.05) is 49.7 Å². The summed E-state index contributed by atoms with van der Waals surface area (Å²) < 4.78 is 11.0. The van der Waals surface area contributed by atoms with Crippen LogP contribution in [0.25, 0.3) is 11.1 Å². The topological polar surface area (TPSA) is 58.8 Å². The zero-order valence-corrected chi connectivity index (χ0v) is 13.7. The van der Waals surface area contributed by atoms with Crippen LogP contribution >= 0.6 is 0 Å². The highest BCUT2D eigenvalue weighted by atomic mass is 16.5. The Balaban J connectivity index is 1.81. The van der Waals surface area contributed by atoms with Crippen molar-refractivity contribution < 1.29 is 13.9 Å². The Bertz CT molecular complexity index is 673. The van der Waals surface area contributed by atoms with E-state index in [0.29, 0.717) is 31.2 Å². The number of methoxy groups -OCH3 is 1. The highest BCUT2D eigenvalue weighted by molar-refractivity contribution is 5.83. The van der Waals surface area contributed by atoms with E-state index in [-0.39, 0.29) is 0 Å². The second-order valence-electron chi connectivity index (χ2n) is 5.75. The number of rotatable bonds is 6. The van der Waals surface area contributed by atoms with Crippen molar-refractivity contribution in [3.8, 4) is 0 Å². The predicted octanol–water partition coefficient (Wildman–Crippen LogP) is 2.47. The lowest BCUT2D eigenvalue weighted by Gasteiger charge is -2.27. The van der Waals surface area contributed by atoms with Crippen LogP contribution in [-0.2, 0) is 9.53 Å². The lowest BCUT2D eigenvalue weighted by molar-refractivity contribution is -0.119. The van der Waals surface area contributed by atoms with Crippen LogP contribution in [-0.4, -0.2) is 50.7 Å². The number of hydrogen-bond acceptors (Lipinski definition) is 6. The summed E-state index contributed by atoms with van der Waals surface area (Å²) in [6, 6.07) is 6.67. The molecule has 6 nitrogen and oxygen atoms in total. The predicted molar refractivity (Wildman–Crippen MR) is 90.2 cm³/mol. The van der Waals surface area contributed by atoms with Crippen LogP contribution in [0, 0.1) is 0 Å². The minimum absolute atomic E-state index is 0.350. The molecule has 1 aromatic carbocycles. The van der Waals surface area contributed by atoms with Crippen molar-refractivity contribution in [3.63, 3.8) is 0 Å². The molecule has 0 amide bonds. The van der Waals surface area contributed by atoms with Crippen LogP contribution in [0.3, 0.4) is 0 Å². The minimum Gasteiger partial charge on any atom is -0.423 e. The third-order valence-corrected chi connectivity index (χ3v) is 4.26. The Morgan fingerprint density at radius 2 is 2.13 bits per heavy atom. The molecule has 0 aliphatic carbocycles. The van der Waals surface area contributed by atoms with Crippen molar-refractivity contribution in [2.45, 2.75) is 19.8 Å². The van der Waals surface area contributed by atoms with Gasteiger partial charge in [0, 0.05) is 51.8 Å². The third-order valence-electron chi connectivity index (χ3n) is 4.26. The number of hydrogen-bond donors (Lipinski definition) is 0. The maximum Gasteiger partial charge on any atom is 0.298 e. The Morgan fingerprint density at radius 3 is 2.83 bits per heavy atom. The van der Waals surface area contributed by atoms with Crippen molar-refractivity contribution in [2.24, 2.45) is 0 Å². The molecule has 1 aromatic heterocycles. The number of likely N-dealkylation sites (N-methyl/N-ethyl adjacent to an activating group) is 1. The normalized spacial score (nSPS) is 15.4. The number of oxazole rings is 1. The van der Waals surface area contributed by atoms with E-state index in [0.717, 1.165) is 43.0 Å². The molecule has 0 unspecified atom stereocenters. The molecular weight excluding hydrogens is 294 g/mol. The summed E-state index contributed by atoms with van der Waals surface area (Å²) in [5.74, 6) is 0.350. The number of fused-ring (bicyclic) bond motifs is 1. The Kier molecular flexibility index (Phi) is 4.81. The molecule has 0 saturated carbocycles. The smallest absolute Gasteiger partial charge is 0.298 e. The molecule has 1 fully saturated rings. The molecule has 0 N–H and O–H groups in total. The first-order valence-electron chi connectivity index (χ1n) is 8.12. The van der Waals surface area contributed by atoms with Crippen molar-refractivity contribution in [1.29, 1.82) is 0 Å². The molecule has 0 spiro atoms. The molecule has 1 aliphatic heterocycles. The summed E-state index contributed by atoms with van der Waals surface area (Å²) in [5.41, 5.74) is 2.74. The Morgan fingerprint density at radius 1 is 1.35 bits per heavy atom. The van der Waals surface area contributed by atoms with Crippen LogP contribution in [0.1, 0.15) is 19.8 Å². The lowest BCUT2D eigenvalue weighted by atomic mass is 10.1. The summed E-state index contributed by atoms with van der Waals surface area (Å²) in [7, 11) is 1.69. The molecule has 0 bridgehead atoms. The average Bonchev–Trinajstić information content (AvgIpc) is 2.99. The molecule has 0 atom stereocenters. The molecule has 23 heavy (non-hydrogen) atoms. The maximum absolute atomic E-state index is 11.4. The standard InChI is InChI=1S/C17H23N3O3/c1-3-19(10-11-22-2)17-18-15-12-13(4-5-16(15)23-17)20-8-6-14(21)7-9-20/h4-5,12H,3,6-11H2,1-2H3. The van der Waals surface area contributed by atoms with Gasteiger partial charge >= 0.3 is 0 Å². The summed E-state index contributed by atoms with van der Waals surface area (Å²) in [4.78, 5) is 20.3. The number of anilines is 2. The largest absolute Gasteiger partial charge is 0.423 e. The number of aromatic nitrogens is 1. The molecule has 0 radical (unpaired) electrons. The number of carbonyl (C=O) groups excluding carboxylic acids is 1. The Hall–Kier alpha value is -2.08. The van der Waals surface area contributed by atoms with Gasteiger partial charge in [-0.3, -0.25) is 4.79 Å². The lowest BCUT2D eigenvalue weighted by Crippen LogP contribution is -2.33. The van der Waals surface area contributed by atoms with E-state index in [4.69, 9.17) is 9.15 Å². The van der Waals surface area contributed by atoms with Gasteiger partial charge in [0.25, 0.3) is 6.01 Å². The van der Waals surface area contributed by atoms with E-state index in [1.54, 1.807) is 7.11 Å². The fraction of sp³-hybridized carbons (Fsp3) is 0.529. The van der Waals surface area contributed by atoms with Gasteiger partial charge in [-0.25, -0.2) is 0 Å². The van der Waals surface area contributed by atoms with Gasteiger partial charge in [0.05, 0.1) is 6.61 Å². The first-order valence-corrected chi connectivity index (χ1v) is 8.12. The number of carbonyl (C=O) groups is 1. The number of ketones is 1. The maximum atomic E-state index is 11.4. The fourth-order valence-electron chi connectivity index (χ4n) is 2.84. The molecule has 3 rings (SSSR count). The highest BCUT2D eigenvalue weighted by Crippen LogP contribution is 2.27. The molecule has 124 valence electrons. The van der Waals surface area contributed by atoms with E-state index >= 15 is 0 Å². The fourth-order valence-corrected chi connectivity index (χ4v) is 2.84. The van der Waals surface area contributed by atoms with Crippen LogP contribution < -0.4 is 9.80 Å². The summed E-state index contributed by atoms with van der Waals surface area (Å²) in [6.45, 7) is 5.84. The van der Waals surface area contributed by atoms with Gasteiger partial charge in [-0.2, -0.15) is 4.98 Å². The van der Waals surface area contributed by atoms with E-state index in [2.05, 4.69) is 21.7 Å². The van der Waals surface area contributed by atoms with E-state index in [1.165, 1.54) is 0 Å². The second-order valence-corrected chi connectivity index (χ2v) is 5.75. The van der Waals surface area contributed by atoms with Gasteiger partial charge in [0.15, 0.2) is 5.58 Å². The third kappa shape index (κ3) is 3.47. The van der Waals surface area contributed by atoms with Crippen molar-refractivity contribution in [1.82, 2.24) is 4.98 Å². The van der Waals surface area contributed by atoms with Gasteiger partial charge in [0.1, 0.15) is 11.3 Å². The van der Waals surface area contributed by atoms with Gasteiger partial charge in [-0.1, -0.05) is 0 Å². The van der Waals surface area contributed by atoms with Gasteiger partial charge in [0.2, 0.25) is 0 Å². The molecular formula is C17H23N3O3. The summed E-state index contributed by atoms with van der Waals surface area (Å²) in [6.07, 6.45) is 1.26. The number of Topliss-reactive ketones (excluding diaryl/α,β-unsaturated/α-hetero) is 1. The molecule has 2 heterocycles. The number of benzene rings is 1. The first kappa shape index (κ1) is 15.8. The quantitative estimate of drug-likeness (QED) is 0.816. The highest BCUT2D eigenvalue weighted by Gasteiger charge is 2.18. The SMILES string of the molecule is CCN(CCOC)c1nc2cc(N3CCC(=O)CC3)ccc2o1. The van der Waals surface area contributed by atoms with E-state index < -0.39 is 0 Å². The van der Waals surface area contributed by atoms with Crippen molar-refractivity contribution >= 4 is 28.6 Å². The van der Waals surface area contributed by atoms with Crippen LogP contribution in [0.2, 0.25) is 0 Å². The molecule has 1 aliphatic rings. The van der Waals surface area contributed by atoms with Crippen LogP contribution in [0.5, 0.6) is 0 Å². The number of piperidine rings is 1. The van der Waals surface area contributed by atoms with Crippen LogP contribution in [0.15, 0.2) is 22.6 Å². The average molecular weight is 317 g/mol.